The quantitative estimate of drug-likeness (QED) is 0.0279. The summed E-state index contributed by atoms with van der Waals surface area (Å²) < 4.78 is 10.0. The Hall–Kier alpha value is -3.04. The van der Waals surface area contributed by atoms with E-state index in [4.69, 9.17) is 19.7 Å². The van der Waals surface area contributed by atoms with Crippen molar-refractivity contribution in [3.05, 3.63) is 12.2 Å². The number of ether oxygens (including phenoxy) is 2. The minimum atomic E-state index is -0.746. The molecule has 2 rings (SSSR count). The zero-order chi connectivity index (χ0) is 39.6. The molecule has 2 aliphatic heterocycles. The summed E-state index contributed by atoms with van der Waals surface area (Å²) in [5.41, 5.74) is 0. The Balaban J connectivity index is 2.24. The molecule has 0 bridgehead atoms. The van der Waals surface area contributed by atoms with E-state index in [-0.39, 0.29) is 49.4 Å². The van der Waals surface area contributed by atoms with E-state index in [0.29, 0.717) is 24.7 Å². The SMILES string of the molecule is CCC/C=C/C(CCC(CCCCCCCCC(=O)O)C(CCCCCCCCC(=O)O)CCC(CCCCC)C1CC(=O)OC1=O)C1CC(=O)OC1=O. The zero-order valence-electron chi connectivity index (χ0n) is 33.6. The van der Waals surface area contributed by atoms with Crippen molar-refractivity contribution < 1.29 is 48.5 Å². The third kappa shape index (κ3) is 20.0. The highest BCUT2D eigenvalue weighted by atomic mass is 16.6. The van der Waals surface area contributed by atoms with Crippen molar-refractivity contribution in [1.29, 1.82) is 0 Å². The van der Waals surface area contributed by atoms with E-state index in [2.05, 4.69) is 26.0 Å². The molecule has 6 atom stereocenters. The van der Waals surface area contributed by atoms with Crippen LogP contribution in [-0.4, -0.2) is 46.0 Å². The molecular formula is C44H72O10. The highest BCUT2D eigenvalue weighted by molar-refractivity contribution is 5.95. The normalized spacial score (nSPS) is 19.6. The third-order valence-electron chi connectivity index (χ3n) is 11.8. The van der Waals surface area contributed by atoms with Gasteiger partial charge >= 0.3 is 35.8 Å². The summed E-state index contributed by atoms with van der Waals surface area (Å²) in [5, 5.41) is 17.9. The van der Waals surface area contributed by atoms with Crippen molar-refractivity contribution in [3.8, 4) is 0 Å². The molecule has 0 saturated carbocycles. The number of aliphatic carboxylic acids is 2. The number of carboxylic acid groups (broad SMARTS) is 2. The van der Waals surface area contributed by atoms with Crippen LogP contribution in [0.15, 0.2) is 12.2 Å². The Kier molecular flexibility index (Phi) is 24.8. The maximum Gasteiger partial charge on any atom is 0.317 e. The van der Waals surface area contributed by atoms with Crippen LogP contribution < -0.4 is 0 Å². The van der Waals surface area contributed by atoms with Gasteiger partial charge in [-0.3, -0.25) is 28.8 Å². The van der Waals surface area contributed by atoms with E-state index < -0.39 is 35.8 Å². The molecule has 2 aliphatic rings. The topological polar surface area (TPSA) is 161 Å². The van der Waals surface area contributed by atoms with Gasteiger partial charge in [-0.2, -0.15) is 0 Å². The predicted octanol–water partition coefficient (Wildman–Crippen LogP) is 10.5. The van der Waals surface area contributed by atoms with E-state index in [1.807, 2.05) is 0 Å². The number of esters is 4. The molecule has 6 unspecified atom stereocenters. The number of hydrogen-bond donors (Lipinski definition) is 2. The lowest BCUT2D eigenvalue weighted by molar-refractivity contribution is -0.155. The molecule has 0 spiro atoms. The fraction of sp³-hybridized carbons (Fsp3) is 0.818. The number of carbonyl (C=O) groups excluding carboxylic acids is 4. The standard InChI is InChI=1S/C44H72O10/c1-3-5-15-23-35(37-31-41(49)53-43(37)51)29-27-33(21-17-11-7-9-13-19-25-39(45)46)34(22-18-12-8-10-14-20-26-40(47)48)28-30-36(24-16-6-4-2)38-32-42(50)54-44(38)52/h15,23,33-38H,3-14,16-22,24-32H2,1-2H3,(H,45,46)(H,47,48)/b23-15+. The van der Waals surface area contributed by atoms with Gasteiger partial charge in [0.05, 0.1) is 24.7 Å². The highest BCUT2D eigenvalue weighted by Gasteiger charge is 2.40. The van der Waals surface area contributed by atoms with Crippen LogP contribution in [0.4, 0.5) is 0 Å². The average Bonchev–Trinajstić information content (AvgIpc) is 3.65. The lowest BCUT2D eigenvalue weighted by Crippen LogP contribution is -2.24. The molecule has 0 aromatic rings. The highest BCUT2D eigenvalue weighted by Crippen LogP contribution is 2.40. The van der Waals surface area contributed by atoms with Crippen LogP contribution in [-0.2, 0) is 38.2 Å². The molecule has 2 fully saturated rings. The molecule has 0 aliphatic carbocycles. The van der Waals surface area contributed by atoms with Crippen LogP contribution in [0.2, 0.25) is 0 Å². The minimum absolute atomic E-state index is 0.0697. The van der Waals surface area contributed by atoms with Gasteiger partial charge in [0.25, 0.3) is 0 Å². The van der Waals surface area contributed by atoms with Gasteiger partial charge in [0, 0.05) is 12.8 Å². The number of unbranched alkanes of at least 4 members (excludes halogenated alkanes) is 13. The van der Waals surface area contributed by atoms with Crippen molar-refractivity contribution in [2.24, 2.45) is 35.5 Å². The van der Waals surface area contributed by atoms with Crippen molar-refractivity contribution in [2.75, 3.05) is 0 Å². The van der Waals surface area contributed by atoms with Crippen molar-refractivity contribution >= 4 is 35.8 Å². The third-order valence-corrected chi connectivity index (χ3v) is 11.8. The summed E-state index contributed by atoms with van der Waals surface area (Å²) >= 11 is 0. The van der Waals surface area contributed by atoms with Gasteiger partial charge in [0.1, 0.15) is 0 Å². The molecule has 0 amide bonds. The Bertz CT molecular complexity index is 1160. The van der Waals surface area contributed by atoms with Gasteiger partial charge in [0.2, 0.25) is 0 Å². The van der Waals surface area contributed by atoms with Crippen LogP contribution in [0.25, 0.3) is 0 Å². The number of carbonyl (C=O) groups is 6. The van der Waals surface area contributed by atoms with Crippen molar-refractivity contribution in [3.63, 3.8) is 0 Å². The van der Waals surface area contributed by atoms with Crippen LogP contribution in [0.3, 0.4) is 0 Å². The smallest absolute Gasteiger partial charge is 0.317 e. The molecule has 0 aromatic heterocycles. The largest absolute Gasteiger partial charge is 0.481 e. The number of hydrogen-bond acceptors (Lipinski definition) is 8. The molecule has 2 saturated heterocycles. The summed E-state index contributed by atoms with van der Waals surface area (Å²) in [5.74, 6) is -3.17. The van der Waals surface area contributed by atoms with Gasteiger partial charge in [-0.25, -0.2) is 0 Å². The minimum Gasteiger partial charge on any atom is -0.481 e. The summed E-state index contributed by atoms with van der Waals surface area (Å²) in [6, 6.07) is 0. The first-order valence-electron chi connectivity index (χ1n) is 21.6. The maximum absolute atomic E-state index is 12.8. The summed E-state index contributed by atoms with van der Waals surface area (Å²) in [6.45, 7) is 4.28. The van der Waals surface area contributed by atoms with E-state index in [1.54, 1.807) is 0 Å². The van der Waals surface area contributed by atoms with Crippen molar-refractivity contribution in [2.45, 2.75) is 194 Å². The zero-order valence-corrected chi connectivity index (χ0v) is 33.6. The molecular weight excluding hydrogens is 688 g/mol. The Labute approximate surface area is 325 Å². The first-order valence-corrected chi connectivity index (χ1v) is 21.6. The van der Waals surface area contributed by atoms with Crippen molar-refractivity contribution in [1.82, 2.24) is 0 Å². The van der Waals surface area contributed by atoms with E-state index in [1.165, 1.54) is 0 Å². The van der Waals surface area contributed by atoms with Crippen LogP contribution in [0.1, 0.15) is 194 Å². The predicted molar refractivity (Wildman–Crippen MR) is 208 cm³/mol. The van der Waals surface area contributed by atoms with Gasteiger partial charge < -0.3 is 19.7 Å². The van der Waals surface area contributed by atoms with Gasteiger partial charge in [-0.1, -0.05) is 129 Å². The van der Waals surface area contributed by atoms with Gasteiger partial charge in [-0.15, -0.1) is 0 Å². The maximum atomic E-state index is 12.8. The van der Waals surface area contributed by atoms with Crippen LogP contribution in [0, 0.1) is 35.5 Å². The number of allylic oxidation sites excluding steroid dienone is 2. The van der Waals surface area contributed by atoms with E-state index in [9.17, 15) is 28.8 Å². The molecule has 0 aromatic carbocycles. The lowest BCUT2D eigenvalue weighted by Gasteiger charge is -2.31. The molecule has 0 radical (unpaired) electrons. The molecule has 308 valence electrons. The number of cyclic esters (lactones) is 4. The summed E-state index contributed by atoms with van der Waals surface area (Å²) in [6.07, 6.45) is 28.3. The molecule has 2 N–H and O–H groups in total. The average molecular weight is 761 g/mol. The Morgan fingerprint density at radius 2 is 1.04 bits per heavy atom. The van der Waals surface area contributed by atoms with Crippen LogP contribution in [0.5, 0.6) is 0 Å². The molecule has 10 heteroatoms. The second kappa shape index (κ2) is 28.4. The summed E-state index contributed by atoms with van der Waals surface area (Å²) in [4.78, 5) is 71.6. The number of rotatable bonds is 34. The summed E-state index contributed by atoms with van der Waals surface area (Å²) in [7, 11) is 0. The van der Waals surface area contributed by atoms with E-state index in [0.717, 1.165) is 141 Å². The Morgan fingerprint density at radius 1 is 0.574 bits per heavy atom. The molecule has 2 heterocycles. The lowest BCUT2D eigenvalue weighted by atomic mass is 9.73. The Morgan fingerprint density at radius 3 is 1.50 bits per heavy atom. The van der Waals surface area contributed by atoms with Crippen LogP contribution >= 0.6 is 0 Å². The first kappa shape index (κ1) is 47.1. The number of carboxylic acids is 2. The molecule has 54 heavy (non-hydrogen) atoms. The second-order valence-electron chi connectivity index (χ2n) is 16.1. The van der Waals surface area contributed by atoms with Gasteiger partial charge in [-0.05, 0) is 75.0 Å². The fourth-order valence-corrected chi connectivity index (χ4v) is 8.59. The second-order valence-corrected chi connectivity index (χ2v) is 16.1. The van der Waals surface area contributed by atoms with E-state index >= 15 is 0 Å². The first-order chi connectivity index (χ1) is 26.0. The molecule has 10 nitrogen and oxygen atoms in total. The monoisotopic (exact) mass is 761 g/mol. The van der Waals surface area contributed by atoms with Gasteiger partial charge in [0.15, 0.2) is 0 Å². The fourth-order valence-electron chi connectivity index (χ4n) is 8.59.